The minimum Gasteiger partial charge on any atom is -0.369 e. The molecule has 1 aliphatic carbocycles. The number of rotatable bonds is 5. The van der Waals surface area contributed by atoms with Crippen LogP contribution in [0.15, 0.2) is 48.8 Å². The second kappa shape index (κ2) is 9.15. The highest BCUT2D eigenvalue weighted by Crippen LogP contribution is 2.36. The number of nitrogens with zero attached hydrogens (tertiary/aromatic N) is 6. The van der Waals surface area contributed by atoms with Crippen molar-refractivity contribution in [2.24, 2.45) is 5.92 Å². The summed E-state index contributed by atoms with van der Waals surface area (Å²) in [6.45, 7) is 10.5. The lowest BCUT2D eigenvalue weighted by Gasteiger charge is -2.36. The summed E-state index contributed by atoms with van der Waals surface area (Å²) in [5.74, 6) is -0.410. The zero-order chi connectivity index (χ0) is 23.9. The van der Waals surface area contributed by atoms with Gasteiger partial charge in [0.25, 0.3) is 0 Å². The molecule has 0 unspecified atom stereocenters. The minimum absolute atomic E-state index is 0.0160. The second-order valence-electron chi connectivity index (χ2n) is 9.91. The maximum absolute atomic E-state index is 13.3. The standard InChI is InChI=1S/C27H33FN6O/c1-2-30-9-11-31(12-10-30)22-5-3-20(4-6-22)21-17-26-25(7-8-29-34(26)19-21)32-13-15-33(16-14-32)27(35)23-18-24(23)28/h3-8,17,19,23-24H,2,9-16,18H2,1H3/t23-,24+/m1/s1. The van der Waals surface area contributed by atoms with Gasteiger partial charge in [0.2, 0.25) is 5.91 Å². The molecule has 6 rings (SSSR count). The fraction of sp³-hybridized carbons (Fsp3) is 0.481. The van der Waals surface area contributed by atoms with Crippen LogP contribution in [0.25, 0.3) is 16.6 Å². The Balaban J connectivity index is 1.16. The first-order valence-electron chi connectivity index (χ1n) is 12.8. The van der Waals surface area contributed by atoms with E-state index in [4.69, 9.17) is 0 Å². The van der Waals surface area contributed by atoms with Crippen molar-refractivity contribution >= 4 is 22.8 Å². The van der Waals surface area contributed by atoms with E-state index in [1.54, 1.807) is 0 Å². The number of halogens is 1. The van der Waals surface area contributed by atoms with Crippen molar-refractivity contribution in [3.63, 3.8) is 0 Å². The third-order valence-corrected chi connectivity index (χ3v) is 7.83. The van der Waals surface area contributed by atoms with E-state index in [2.05, 4.69) is 63.3 Å². The molecule has 0 spiro atoms. The predicted octanol–water partition coefficient (Wildman–Crippen LogP) is 3.15. The summed E-state index contributed by atoms with van der Waals surface area (Å²) >= 11 is 0. The van der Waals surface area contributed by atoms with Gasteiger partial charge in [0.05, 0.1) is 17.1 Å². The molecule has 35 heavy (non-hydrogen) atoms. The van der Waals surface area contributed by atoms with Gasteiger partial charge in [-0.3, -0.25) is 4.79 Å². The van der Waals surface area contributed by atoms with Gasteiger partial charge >= 0.3 is 0 Å². The van der Waals surface area contributed by atoms with E-state index < -0.39 is 12.1 Å². The van der Waals surface area contributed by atoms with Crippen LogP contribution in [-0.4, -0.2) is 90.4 Å². The number of fused-ring (bicyclic) bond motifs is 1. The molecule has 4 heterocycles. The molecule has 3 fully saturated rings. The van der Waals surface area contributed by atoms with Crippen LogP contribution in [0.5, 0.6) is 0 Å². The van der Waals surface area contributed by atoms with Crippen molar-refractivity contribution in [3.05, 3.63) is 48.8 Å². The van der Waals surface area contributed by atoms with Gasteiger partial charge in [-0.25, -0.2) is 8.91 Å². The Kier molecular flexibility index (Phi) is 5.84. The lowest BCUT2D eigenvalue weighted by molar-refractivity contribution is -0.133. The molecule has 0 bridgehead atoms. The molecular weight excluding hydrogens is 443 g/mol. The zero-order valence-corrected chi connectivity index (χ0v) is 20.3. The van der Waals surface area contributed by atoms with Gasteiger partial charge < -0.3 is 19.6 Å². The monoisotopic (exact) mass is 476 g/mol. The summed E-state index contributed by atoms with van der Waals surface area (Å²) in [6.07, 6.45) is 3.38. The van der Waals surface area contributed by atoms with Crippen LogP contribution in [0.1, 0.15) is 13.3 Å². The van der Waals surface area contributed by atoms with E-state index in [-0.39, 0.29) is 5.91 Å². The molecular formula is C27H33FN6O. The van der Waals surface area contributed by atoms with E-state index in [9.17, 15) is 9.18 Å². The van der Waals surface area contributed by atoms with E-state index in [1.807, 2.05) is 21.7 Å². The van der Waals surface area contributed by atoms with Crippen LogP contribution in [0.4, 0.5) is 15.8 Å². The normalized spacial score (nSPS) is 23.2. The Morgan fingerprint density at radius 3 is 2.29 bits per heavy atom. The van der Waals surface area contributed by atoms with Crippen LogP contribution >= 0.6 is 0 Å². The van der Waals surface area contributed by atoms with Gasteiger partial charge in [-0.05, 0) is 42.8 Å². The van der Waals surface area contributed by atoms with Crippen molar-refractivity contribution < 1.29 is 9.18 Å². The molecule has 7 nitrogen and oxygen atoms in total. The molecule has 0 radical (unpaired) electrons. The van der Waals surface area contributed by atoms with Gasteiger partial charge in [0.15, 0.2) is 0 Å². The Bertz CT molecular complexity index is 1190. The quantitative estimate of drug-likeness (QED) is 0.566. The molecule has 8 heteroatoms. The zero-order valence-electron chi connectivity index (χ0n) is 20.3. The molecule has 184 valence electrons. The van der Waals surface area contributed by atoms with Gasteiger partial charge in [-0.2, -0.15) is 5.10 Å². The summed E-state index contributed by atoms with van der Waals surface area (Å²) in [6, 6.07) is 13.1. The molecule has 1 saturated carbocycles. The largest absolute Gasteiger partial charge is 0.369 e. The van der Waals surface area contributed by atoms with Gasteiger partial charge in [-0.1, -0.05) is 19.1 Å². The highest BCUT2D eigenvalue weighted by molar-refractivity contribution is 5.83. The highest BCUT2D eigenvalue weighted by Gasteiger charge is 2.46. The number of benzene rings is 1. The first-order valence-corrected chi connectivity index (χ1v) is 12.8. The van der Waals surface area contributed by atoms with Crippen LogP contribution in [0.2, 0.25) is 0 Å². The number of hydrogen-bond donors (Lipinski definition) is 0. The maximum atomic E-state index is 13.3. The van der Waals surface area contributed by atoms with E-state index >= 15 is 0 Å². The van der Waals surface area contributed by atoms with Crippen molar-refractivity contribution in [1.29, 1.82) is 0 Å². The van der Waals surface area contributed by atoms with Crippen molar-refractivity contribution in [3.8, 4) is 11.1 Å². The summed E-state index contributed by atoms with van der Waals surface area (Å²) in [5, 5.41) is 4.54. The average molecular weight is 477 g/mol. The SMILES string of the molecule is CCN1CCN(c2ccc(-c3cc4c(N5CCN(C(=O)[C@@H]6C[C@@H]6F)CC5)ccnn4c3)cc2)CC1. The molecule has 0 N–H and O–H groups in total. The van der Waals surface area contributed by atoms with Crippen molar-refractivity contribution in [2.45, 2.75) is 19.5 Å². The Morgan fingerprint density at radius 1 is 0.943 bits per heavy atom. The molecule has 2 saturated heterocycles. The topological polar surface area (TPSA) is 47.3 Å². The first kappa shape index (κ1) is 22.3. The first-order chi connectivity index (χ1) is 17.1. The summed E-state index contributed by atoms with van der Waals surface area (Å²) < 4.78 is 15.3. The average Bonchev–Trinajstić information content (AvgIpc) is 3.48. The van der Waals surface area contributed by atoms with Gasteiger partial charge in [0, 0.05) is 76.0 Å². The second-order valence-corrected chi connectivity index (χ2v) is 9.91. The molecule has 2 atom stereocenters. The number of carbonyl (C=O) groups is 1. The van der Waals surface area contributed by atoms with Gasteiger partial charge in [-0.15, -0.1) is 0 Å². The number of hydrogen-bond acceptors (Lipinski definition) is 5. The number of piperazine rings is 2. The lowest BCUT2D eigenvalue weighted by atomic mass is 10.1. The number of amides is 1. The third-order valence-electron chi connectivity index (χ3n) is 7.83. The number of alkyl halides is 1. The van der Waals surface area contributed by atoms with Crippen LogP contribution in [-0.2, 0) is 4.79 Å². The molecule has 3 aromatic rings. The maximum Gasteiger partial charge on any atom is 0.228 e. The third kappa shape index (κ3) is 4.35. The summed E-state index contributed by atoms with van der Waals surface area (Å²) in [7, 11) is 0. The molecule has 1 aromatic carbocycles. The Labute approximate surface area is 205 Å². The lowest BCUT2D eigenvalue weighted by Crippen LogP contribution is -2.49. The summed E-state index contributed by atoms with van der Waals surface area (Å²) in [5.41, 5.74) is 5.79. The Hall–Kier alpha value is -3.13. The number of anilines is 2. The molecule has 3 aliphatic rings. The minimum atomic E-state index is -0.931. The van der Waals surface area contributed by atoms with E-state index in [1.165, 1.54) is 11.3 Å². The molecule has 1 amide bonds. The van der Waals surface area contributed by atoms with Crippen LogP contribution < -0.4 is 9.80 Å². The molecule has 2 aromatic heterocycles. The van der Waals surface area contributed by atoms with Crippen LogP contribution in [0, 0.1) is 5.92 Å². The van der Waals surface area contributed by atoms with Crippen molar-refractivity contribution in [1.82, 2.24) is 19.4 Å². The van der Waals surface area contributed by atoms with E-state index in [0.29, 0.717) is 19.5 Å². The fourth-order valence-electron chi connectivity index (χ4n) is 5.43. The molecule has 2 aliphatic heterocycles. The van der Waals surface area contributed by atoms with Gasteiger partial charge in [0.1, 0.15) is 6.17 Å². The van der Waals surface area contributed by atoms with E-state index in [0.717, 1.165) is 62.6 Å². The van der Waals surface area contributed by atoms with Crippen molar-refractivity contribution in [2.75, 3.05) is 68.7 Å². The van der Waals surface area contributed by atoms with Crippen LogP contribution in [0.3, 0.4) is 0 Å². The number of likely N-dealkylation sites (N-methyl/N-ethyl adjacent to an activating group) is 1. The number of aromatic nitrogens is 2. The predicted molar refractivity (Wildman–Crippen MR) is 137 cm³/mol. The Morgan fingerprint density at radius 2 is 1.63 bits per heavy atom. The smallest absolute Gasteiger partial charge is 0.228 e. The summed E-state index contributed by atoms with van der Waals surface area (Å²) in [4.78, 5) is 21.5. The highest BCUT2D eigenvalue weighted by atomic mass is 19.1. The fourth-order valence-corrected chi connectivity index (χ4v) is 5.43. The number of carbonyl (C=O) groups excluding carboxylic acids is 1.